The summed E-state index contributed by atoms with van der Waals surface area (Å²) in [5.41, 5.74) is 13.1. The Morgan fingerprint density at radius 3 is 2.43 bits per heavy atom. The summed E-state index contributed by atoms with van der Waals surface area (Å²) in [7, 11) is 1.82. The molecule has 2 aromatic carbocycles. The van der Waals surface area contributed by atoms with Gasteiger partial charge in [0.2, 0.25) is 5.91 Å². The Morgan fingerprint density at radius 1 is 1.05 bits per heavy atom. The molecule has 0 aliphatic carbocycles. The summed E-state index contributed by atoms with van der Waals surface area (Å²) < 4.78 is 0. The topological polar surface area (TPSA) is 46.3 Å². The summed E-state index contributed by atoms with van der Waals surface area (Å²) in [5.74, 6) is 0.141. The number of carbonyl (C=O) groups is 1. The zero-order chi connectivity index (χ0) is 15.1. The summed E-state index contributed by atoms with van der Waals surface area (Å²) in [6.45, 7) is 4.20. The summed E-state index contributed by atoms with van der Waals surface area (Å²) in [6, 6.07) is 12.3. The first-order valence-corrected chi connectivity index (χ1v) is 7.19. The average Bonchev–Trinajstić information content (AvgIpc) is 2.76. The van der Waals surface area contributed by atoms with E-state index >= 15 is 0 Å². The lowest BCUT2D eigenvalue weighted by Crippen LogP contribution is -2.20. The van der Waals surface area contributed by atoms with Crippen LogP contribution in [0, 0.1) is 13.8 Å². The van der Waals surface area contributed by atoms with Crippen LogP contribution in [-0.4, -0.2) is 13.0 Å². The molecule has 1 unspecified atom stereocenters. The van der Waals surface area contributed by atoms with E-state index in [-0.39, 0.29) is 11.9 Å². The highest BCUT2D eigenvalue weighted by molar-refractivity contribution is 6.00. The van der Waals surface area contributed by atoms with Gasteiger partial charge < -0.3 is 10.6 Å². The zero-order valence-electron chi connectivity index (χ0n) is 12.7. The van der Waals surface area contributed by atoms with Crippen LogP contribution in [0.25, 0.3) is 0 Å². The molecule has 0 bridgehead atoms. The highest BCUT2D eigenvalue weighted by atomic mass is 16.2. The van der Waals surface area contributed by atoms with Crippen molar-refractivity contribution in [3.05, 3.63) is 64.2 Å². The number of rotatable bonds is 2. The maximum atomic E-state index is 11.8. The van der Waals surface area contributed by atoms with Crippen molar-refractivity contribution in [1.82, 2.24) is 0 Å². The molecular weight excluding hydrogens is 260 g/mol. The van der Waals surface area contributed by atoms with E-state index in [1.807, 2.05) is 19.2 Å². The molecule has 0 radical (unpaired) electrons. The number of anilines is 1. The fourth-order valence-electron chi connectivity index (χ4n) is 2.83. The number of fused-ring (bicyclic) bond motifs is 1. The molecule has 3 nitrogen and oxygen atoms in total. The molecule has 1 atom stereocenters. The summed E-state index contributed by atoms with van der Waals surface area (Å²) in [4.78, 5) is 13.5. The minimum Gasteiger partial charge on any atom is -0.320 e. The Hall–Kier alpha value is -2.13. The number of carbonyl (C=O) groups excluding carboxylic acids is 1. The molecule has 0 fully saturated rings. The van der Waals surface area contributed by atoms with E-state index in [9.17, 15) is 4.79 Å². The van der Waals surface area contributed by atoms with Crippen molar-refractivity contribution in [2.75, 3.05) is 11.9 Å². The Balaban J connectivity index is 1.96. The van der Waals surface area contributed by atoms with Gasteiger partial charge in [-0.15, -0.1) is 0 Å². The molecule has 0 saturated heterocycles. The van der Waals surface area contributed by atoms with Crippen LogP contribution >= 0.6 is 0 Å². The number of hydrogen-bond acceptors (Lipinski definition) is 2. The maximum Gasteiger partial charge on any atom is 0.231 e. The number of aryl methyl sites for hydroxylation is 2. The van der Waals surface area contributed by atoms with Gasteiger partial charge in [0.25, 0.3) is 0 Å². The molecule has 1 aliphatic heterocycles. The number of amides is 1. The normalized spacial score (nSPS) is 15.2. The van der Waals surface area contributed by atoms with Crippen molar-refractivity contribution in [1.29, 1.82) is 0 Å². The van der Waals surface area contributed by atoms with E-state index in [2.05, 4.69) is 38.1 Å². The number of hydrogen-bond donors (Lipinski definition) is 1. The fourth-order valence-corrected chi connectivity index (χ4v) is 2.83. The minimum atomic E-state index is -0.157. The molecule has 2 N–H and O–H groups in total. The second-order valence-electron chi connectivity index (χ2n) is 5.84. The van der Waals surface area contributed by atoms with E-state index < -0.39 is 0 Å². The zero-order valence-corrected chi connectivity index (χ0v) is 12.7. The predicted octanol–water partition coefficient (Wildman–Crippen LogP) is 2.87. The van der Waals surface area contributed by atoms with Gasteiger partial charge in [-0.2, -0.15) is 0 Å². The van der Waals surface area contributed by atoms with Crippen molar-refractivity contribution >= 4 is 11.6 Å². The van der Waals surface area contributed by atoms with E-state index in [1.165, 1.54) is 11.1 Å². The third-order valence-corrected chi connectivity index (χ3v) is 4.43. The van der Waals surface area contributed by atoms with Gasteiger partial charge >= 0.3 is 0 Å². The van der Waals surface area contributed by atoms with Crippen LogP contribution in [0.3, 0.4) is 0 Å². The number of likely N-dealkylation sites (N-methyl/N-ethyl adjacent to an activating group) is 1. The lowest BCUT2D eigenvalue weighted by molar-refractivity contribution is -0.117. The lowest BCUT2D eigenvalue weighted by Gasteiger charge is -2.16. The second kappa shape index (κ2) is 5.01. The van der Waals surface area contributed by atoms with Gasteiger partial charge in [0, 0.05) is 12.7 Å². The highest BCUT2D eigenvalue weighted by Gasteiger charge is 2.24. The van der Waals surface area contributed by atoms with Gasteiger partial charge in [-0.1, -0.05) is 30.3 Å². The molecular formula is C18H20N2O. The van der Waals surface area contributed by atoms with Crippen LogP contribution in [0.1, 0.15) is 33.9 Å². The van der Waals surface area contributed by atoms with Crippen LogP contribution in [0.15, 0.2) is 36.4 Å². The Bertz CT molecular complexity index is 721. The van der Waals surface area contributed by atoms with Gasteiger partial charge in [-0.25, -0.2) is 0 Å². The van der Waals surface area contributed by atoms with E-state index in [0.29, 0.717) is 6.42 Å². The molecule has 1 amide bonds. The number of nitrogens with zero attached hydrogens (tertiary/aromatic N) is 1. The van der Waals surface area contributed by atoms with Crippen molar-refractivity contribution in [3.63, 3.8) is 0 Å². The van der Waals surface area contributed by atoms with Gasteiger partial charge in [0.1, 0.15) is 0 Å². The first-order valence-electron chi connectivity index (χ1n) is 7.19. The Labute approximate surface area is 125 Å². The smallest absolute Gasteiger partial charge is 0.231 e. The van der Waals surface area contributed by atoms with Crippen molar-refractivity contribution in [2.45, 2.75) is 26.3 Å². The van der Waals surface area contributed by atoms with Crippen molar-refractivity contribution in [3.8, 4) is 0 Å². The average molecular weight is 280 g/mol. The molecule has 1 heterocycles. The maximum absolute atomic E-state index is 11.8. The first-order chi connectivity index (χ1) is 9.97. The third kappa shape index (κ3) is 2.34. The van der Waals surface area contributed by atoms with Crippen LogP contribution in [0.2, 0.25) is 0 Å². The molecule has 0 spiro atoms. The Morgan fingerprint density at radius 2 is 1.71 bits per heavy atom. The quantitative estimate of drug-likeness (QED) is 0.919. The fraction of sp³-hybridized carbons (Fsp3) is 0.278. The van der Waals surface area contributed by atoms with Crippen LogP contribution < -0.4 is 10.6 Å². The van der Waals surface area contributed by atoms with Crippen LogP contribution in [0.5, 0.6) is 0 Å². The molecule has 21 heavy (non-hydrogen) atoms. The molecule has 2 aromatic rings. The molecule has 0 aromatic heterocycles. The Kier molecular flexibility index (Phi) is 3.30. The molecule has 108 valence electrons. The van der Waals surface area contributed by atoms with Crippen molar-refractivity contribution < 1.29 is 4.79 Å². The molecule has 3 rings (SSSR count). The highest BCUT2D eigenvalue weighted by Crippen LogP contribution is 2.31. The second-order valence-corrected chi connectivity index (χ2v) is 5.84. The van der Waals surface area contributed by atoms with E-state index in [0.717, 1.165) is 22.4 Å². The number of nitrogens with two attached hydrogens (primary N) is 1. The number of benzene rings is 2. The summed E-state index contributed by atoms with van der Waals surface area (Å²) in [6.07, 6.45) is 0.472. The van der Waals surface area contributed by atoms with Crippen LogP contribution in [-0.2, 0) is 11.2 Å². The summed E-state index contributed by atoms with van der Waals surface area (Å²) in [5, 5.41) is 0. The standard InChI is InChI=1S/C18H20N2O/c1-11-4-5-13(8-12(11)2)18(19)14-6-7-16-15(9-14)10-17(21)20(16)3/h4-9,18H,10,19H2,1-3H3. The predicted molar refractivity (Wildman–Crippen MR) is 85.5 cm³/mol. The third-order valence-electron chi connectivity index (χ3n) is 4.43. The minimum absolute atomic E-state index is 0.141. The first kappa shape index (κ1) is 13.8. The van der Waals surface area contributed by atoms with Crippen molar-refractivity contribution in [2.24, 2.45) is 5.73 Å². The molecule has 1 aliphatic rings. The van der Waals surface area contributed by atoms with E-state index in [1.54, 1.807) is 4.90 Å². The van der Waals surface area contributed by atoms with Crippen LogP contribution in [0.4, 0.5) is 5.69 Å². The van der Waals surface area contributed by atoms with Gasteiger partial charge in [-0.05, 0) is 47.7 Å². The lowest BCUT2D eigenvalue weighted by atomic mass is 9.95. The largest absolute Gasteiger partial charge is 0.320 e. The van der Waals surface area contributed by atoms with E-state index in [4.69, 9.17) is 5.73 Å². The van der Waals surface area contributed by atoms with Gasteiger partial charge in [0.15, 0.2) is 0 Å². The molecule has 0 saturated carbocycles. The monoisotopic (exact) mass is 280 g/mol. The molecule has 3 heteroatoms. The SMILES string of the molecule is Cc1ccc(C(N)c2ccc3c(c2)CC(=O)N3C)cc1C. The van der Waals surface area contributed by atoms with Gasteiger partial charge in [-0.3, -0.25) is 4.79 Å². The van der Waals surface area contributed by atoms with Gasteiger partial charge in [0.05, 0.1) is 12.5 Å². The summed E-state index contributed by atoms with van der Waals surface area (Å²) >= 11 is 0.